The molecule has 18 heavy (non-hydrogen) atoms. The van der Waals surface area contributed by atoms with E-state index in [0.29, 0.717) is 0 Å². The van der Waals surface area contributed by atoms with Gasteiger partial charge in [-0.05, 0) is 31.6 Å². The van der Waals surface area contributed by atoms with Gasteiger partial charge in [0.2, 0.25) is 0 Å². The zero-order chi connectivity index (χ0) is 12.4. The summed E-state index contributed by atoms with van der Waals surface area (Å²) in [6.07, 6.45) is 6.94. The van der Waals surface area contributed by atoms with Crippen molar-refractivity contribution in [2.75, 3.05) is 36.0 Å². The molecule has 3 rings (SSSR count). The summed E-state index contributed by atoms with van der Waals surface area (Å²) in [5, 5.41) is 0. The summed E-state index contributed by atoms with van der Waals surface area (Å²) < 4.78 is 0. The predicted molar refractivity (Wildman–Crippen MR) is 74.1 cm³/mol. The maximum Gasteiger partial charge on any atom is 0.134 e. The highest BCUT2D eigenvalue weighted by atomic mass is 15.2. The van der Waals surface area contributed by atoms with Crippen LogP contribution in [0.15, 0.2) is 12.4 Å². The van der Waals surface area contributed by atoms with E-state index in [1.807, 2.05) is 0 Å². The van der Waals surface area contributed by atoms with Gasteiger partial charge in [-0.1, -0.05) is 6.92 Å². The van der Waals surface area contributed by atoms with Crippen LogP contribution in [0.5, 0.6) is 0 Å². The molecule has 98 valence electrons. The fraction of sp³-hybridized carbons (Fsp3) is 0.714. The molecule has 0 saturated carbocycles. The van der Waals surface area contributed by atoms with Crippen molar-refractivity contribution in [3.8, 4) is 0 Å². The average Bonchev–Trinajstić information content (AvgIpc) is 2.93. The molecule has 0 bridgehead atoms. The molecule has 2 saturated heterocycles. The van der Waals surface area contributed by atoms with Crippen molar-refractivity contribution in [1.82, 2.24) is 9.97 Å². The van der Waals surface area contributed by atoms with Crippen LogP contribution in [0, 0.1) is 5.92 Å². The number of hydrogen-bond donors (Lipinski definition) is 0. The van der Waals surface area contributed by atoms with Gasteiger partial charge < -0.3 is 9.80 Å². The highest BCUT2D eigenvalue weighted by Gasteiger charge is 2.19. The van der Waals surface area contributed by atoms with E-state index in [1.165, 1.54) is 25.7 Å². The monoisotopic (exact) mass is 246 g/mol. The Balaban J connectivity index is 1.77. The van der Waals surface area contributed by atoms with Crippen LogP contribution in [0.1, 0.15) is 32.6 Å². The molecule has 2 aliphatic heterocycles. The number of hydrogen-bond acceptors (Lipinski definition) is 4. The maximum atomic E-state index is 4.46. The van der Waals surface area contributed by atoms with E-state index >= 15 is 0 Å². The van der Waals surface area contributed by atoms with Gasteiger partial charge >= 0.3 is 0 Å². The lowest BCUT2D eigenvalue weighted by Crippen LogP contribution is -2.35. The summed E-state index contributed by atoms with van der Waals surface area (Å²) in [6, 6.07) is 2.17. The first-order chi connectivity index (χ1) is 8.83. The van der Waals surface area contributed by atoms with Crippen molar-refractivity contribution in [1.29, 1.82) is 0 Å². The summed E-state index contributed by atoms with van der Waals surface area (Å²) in [7, 11) is 0. The molecule has 0 N–H and O–H groups in total. The molecule has 0 aromatic carbocycles. The molecule has 2 fully saturated rings. The van der Waals surface area contributed by atoms with Gasteiger partial charge in [0, 0.05) is 32.2 Å². The Hall–Kier alpha value is -1.32. The lowest BCUT2D eigenvalue weighted by molar-refractivity contribution is 0.444. The Labute approximate surface area is 109 Å². The van der Waals surface area contributed by atoms with Crippen molar-refractivity contribution in [3.63, 3.8) is 0 Å². The van der Waals surface area contributed by atoms with E-state index in [2.05, 4.69) is 32.8 Å². The number of nitrogens with zero attached hydrogens (tertiary/aromatic N) is 4. The first-order valence-electron chi connectivity index (χ1n) is 7.15. The lowest BCUT2D eigenvalue weighted by atomic mass is 10.0. The van der Waals surface area contributed by atoms with Crippen molar-refractivity contribution >= 4 is 11.6 Å². The third-order valence-electron chi connectivity index (χ3n) is 4.05. The van der Waals surface area contributed by atoms with Crippen LogP contribution in [-0.2, 0) is 0 Å². The van der Waals surface area contributed by atoms with Crippen LogP contribution in [0.3, 0.4) is 0 Å². The molecular formula is C14H22N4. The number of anilines is 2. The predicted octanol–water partition coefficient (Wildman–Crippen LogP) is 2.31. The van der Waals surface area contributed by atoms with E-state index in [1.54, 1.807) is 6.33 Å². The van der Waals surface area contributed by atoms with Crippen molar-refractivity contribution < 1.29 is 0 Å². The van der Waals surface area contributed by atoms with Gasteiger partial charge in [0.05, 0.1) is 0 Å². The molecule has 0 unspecified atom stereocenters. The highest BCUT2D eigenvalue weighted by Crippen LogP contribution is 2.24. The van der Waals surface area contributed by atoms with Gasteiger partial charge in [0.15, 0.2) is 0 Å². The average molecular weight is 246 g/mol. The normalized spacial score (nSPS) is 24.6. The maximum absolute atomic E-state index is 4.46. The number of aromatic nitrogens is 2. The first-order valence-corrected chi connectivity index (χ1v) is 7.15. The second-order valence-electron chi connectivity index (χ2n) is 5.62. The standard InChI is InChI=1S/C14H22N4/c1-12-5-4-8-18(10-12)14-9-13(15-11-16-14)17-6-2-3-7-17/h9,11-12H,2-8,10H2,1H3/t12-/m1/s1. The Morgan fingerprint density at radius 2 is 1.67 bits per heavy atom. The van der Waals surface area contributed by atoms with Crippen molar-refractivity contribution in [2.45, 2.75) is 32.6 Å². The third-order valence-corrected chi connectivity index (χ3v) is 4.05. The molecule has 1 aromatic rings. The van der Waals surface area contributed by atoms with Crippen molar-refractivity contribution in [2.24, 2.45) is 5.92 Å². The number of piperidine rings is 1. The van der Waals surface area contributed by atoms with E-state index in [4.69, 9.17) is 0 Å². The Bertz CT molecular complexity index is 401. The summed E-state index contributed by atoms with van der Waals surface area (Å²) in [5.74, 6) is 3.00. The van der Waals surface area contributed by atoms with E-state index in [9.17, 15) is 0 Å². The third kappa shape index (κ3) is 2.42. The largest absolute Gasteiger partial charge is 0.356 e. The van der Waals surface area contributed by atoms with E-state index < -0.39 is 0 Å². The topological polar surface area (TPSA) is 32.3 Å². The fourth-order valence-corrected chi connectivity index (χ4v) is 3.03. The minimum Gasteiger partial charge on any atom is -0.356 e. The van der Waals surface area contributed by atoms with Gasteiger partial charge in [-0.25, -0.2) is 9.97 Å². The van der Waals surface area contributed by atoms with E-state index in [0.717, 1.165) is 43.7 Å². The SMILES string of the molecule is C[C@@H]1CCCN(c2cc(N3CCCC3)ncn2)C1. The van der Waals surface area contributed by atoms with Crippen LogP contribution in [0.2, 0.25) is 0 Å². The molecule has 1 aromatic heterocycles. The Morgan fingerprint density at radius 3 is 2.39 bits per heavy atom. The molecular weight excluding hydrogens is 224 g/mol. The van der Waals surface area contributed by atoms with Gasteiger partial charge in [0.25, 0.3) is 0 Å². The summed E-state index contributed by atoms with van der Waals surface area (Å²) in [5.41, 5.74) is 0. The van der Waals surface area contributed by atoms with E-state index in [-0.39, 0.29) is 0 Å². The Kier molecular flexibility index (Phi) is 3.35. The number of rotatable bonds is 2. The first kappa shape index (κ1) is 11.8. The molecule has 0 amide bonds. The summed E-state index contributed by atoms with van der Waals surface area (Å²) in [4.78, 5) is 13.7. The second-order valence-corrected chi connectivity index (χ2v) is 5.62. The van der Waals surface area contributed by atoms with Crippen LogP contribution >= 0.6 is 0 Å². The van der Waals surface area contributed by atoms with Crippen molar-refractivity contribution in [3.05, 3.63) is 12.4 Å². The molecule has 3 heterocycles. The summed E-state index contributed by atoms with van der Waals surface area (Å²) >= 11 is 0. The Morgan fingerprint density at radius 1 is 1.00 bits per heavy atom. The van der Waals surface area contributed by atoms with Crippen LogP contribution in [0.25, 0.3) is 0 Å². The van der Waals surface area contributed by atoms with Crippen LogP contribution in [-0.4, -0.2) is 36.1 Å². The van der Waals surface area contributed by atoms with Crippen LogP contribution < -0.4 is 9.80 Å². The summed E-state index contributed by atoms with van der Waals surface area (Å²) in [6.45, 7) is 6.89. The molecule has 4 heteroatoms. The zero-order valence-corrected chi connectivity index (χ0v) is 11.2. The smallest absolute Gasteiger partial charge is 0.134 e. The van der Waals surface area contributed by atoms with Gasteiger partial charge in [-0.3, -0.25) is 0 Å². The fourth-order valence-electron chi connectivity index (χ4n) is 3.03. The molecule has 2 aliphatic rings. The van der Waals surface area contributed by atoms with Gasteiger partial charge in [0.1, 0.15) is 18.0 Å². The molecule has 4 nitrogen and oxygen atoms in total. The molecule has 0 aliphatic carbocycles. The quantitative estimate of drug-likeness (QED) is 0.801. The highest BCUT2D eigenvalue weighted by molar-refractivity contribution is 5.50. The van der Waals surface area contributed by atoms with Crippen LogP contribution in [0.4, 0.5) is 11.6 Å². The minimum absolute atomic E-state index is 0.781. The second kappa shape index (κ2) is 5.12. The zero-order valence-electron chi connectivity index (χ0n) is 11.2. The van der Waals surface area contributed by atoms with Gasteiger partial charge in [-0.15, -0.1) is 0 Å². The van der Waals surface area contributed by atoms with Gasteiger partial charge in [-0.2, -0.15) is 0 Å². The lowest BCUT2D eigenvalue weighted by Gasteiger charge is -2.32. The molecule has 1 atom stereocenters. The molecule has 0 spiro atoms. The molecule has 0 radical (unpaired) electrons. The minimum atomic E-state index is 0.781.